The third kappa shape index (κ3) is 19.7. The van der Waals surface area contributed by atoms with E-state index in [1.54, 1.807) is 0 Å². The molecule has 8 heteroatoms. The molecule has 4 nitrogen and oxygen atoms in total. The minimum atomic E-state index is -2.16. The fraction of sp³-hybridized carbons (Fsp3) is 0.387. The fourth-order valence-corrected chi connectivity index (χ4v) is 45.5. The van der Waals surface area contributed by atoms with Crippen LogP contribution in [0.4, 0.5) is 0 Å². The van der Waals surface area contributed by atoms with Crippen molar-refractivity contribution in [1.29, 1.82) is 0 Å². The van der Waals surface area contributed by atoms with Gasteiger partial charge in [-0.2, -0.15) is 0 Å². The second-order valence-corrected chi connectivity index (χ2v) is 65.3. The Labute approximate surface area is 798 Å². The number of hydrogen-bond acceptors (Lipinski definition) is 4. The van der Waals surface area contributed by atoms with Crippen LogP contribution in [0.3, 0.4) is 0 Å². The Hall–Kier alpha value is -9.89. The number of nitrogens with zero attached hydrogens (tertiary/aromatic N) is 4. The number of rotatable bonds is 22. The van der Waals surface area contributed by atoms with Gasteiger partial charge in [0.15, 0.2) is 0 Å². The normalized spacial score (nSPS) is 14.4. The van der Waals surface area contributed by atoms with Gasteiger partial charge in [0.2, 0.25) is 0 Å². The van der Waals surface area contributed by atoms with Gasteiger partial charge in [-0.15, -0.1) is 22.2 Å². The Morgan fingerprint density at radius 3 is 0.568 bits per heavy atom. The smallest absolute Gasteiger partial charge is 0.146 e. The lowest BCUT2D eigenvalue weighted by atomic mass is 9.88. The predicted octanol–water partition coefficient (Wildman–Crippen LogP) is 32.8. The van der Waals surface area contributed by atoms with E-state index in [-0.39, 0.29) is 0 Å². The summed E-state index contributed by atoms with van der Waals surface area (Å²) < 4.78 is 0. The van der Waals surface area contributed by atoms with Crippen LogP contribution in [0.1, 0.15) is 211 Å². The highest BCUT2D eigenvalue weighted by molar-refractivity contribution is 6.92. The average molecular weight is 1810 g/mol. The van der Waals surface area contributed by atoms with Gasteiger partial charge in [0.05, 0.1) is 0 Å². The van der Waals surface area contributed by atoms with E-state index in [1.807, 2.05) is 0 Å². The maximum Gasteiger partial charge on any atom is 0.146 e. The minimum absolute atomic E-state index is 0.502. The first-order valence-corrected chi connectivity index (χ1v) is 59.2. The summed E-state index contributed by atoms with van der Waals surface area (Å²) in [6, 6.07) is 93.4. The number of benzene rings is 14. The SMILES string of the molecule is CC(C)[Si](C#Cc1c2cc3ccccc3cc2c(C#C[Si](C(C)C)(C(C)C)C(C)C)c2cc3cc(-c4ccc(CN5CCN(Cc6ccccc6)CCN(Cc6ccccc6)CCN(Cc6ccc(-c7ccc8cc9c(C#C[Si](C(C)C)(C(C)C)C(C)C)c%10cc%11ccccc%11cc%10c(C#C[Si](C(C)C)(C(C)C)C(C)C)c9cc8c7)cc6)CC5)cc4)ccc3cc12)(C(C)C)C(C)C. The molecular weight excluding hydrogens is 1660 g/mol. The first kappa shape index (κ1) is 96.7. The van der Waals surface area contributed by atoms with Gasteiger partial charge in [-0.25, -0.2) is 0 Å². The van der Waals surface area contributed by atoms with Gasteiger partial charge >= 0.3 is 0 Å². The summed E-state index contributed by atoms with van der Waals surface area (Å²) in [5, 5.41) is 19.5. The van der Waals surface area contributed by atoms with Gasteiger partial charge in [-0.05, 0) is 258 Å². The van der Waals surface area contributed by atoms with E-state index in [0.29, 0.717) is 66.5 Å². The maximum absolute atomic E-state index is 4.26. The predicted molar refractivity (Wildman–Crippen MR) is 590 cm³/mol. The number of hydrogen-bond donors (Lipinski definition) is 0. The van der Waals surface area contributed by atoms with Gasteiger partial charge in [-0.3, -0.25) is 19.6 Å². The molecule has 14 aromatic carbocycles. The third-order valence-electron chi connectivity index (χ3n) is 31.8. The zero-order valence-corrected chi connectivity index (χ0v) is 88.3. The monoisotopic (exact) mass is 1810 g/mol. The average Bonchev–Trinajstić information content (AvgIpc) is 0.729. The van der Waals surface area contributed by atoms with Crippen molar-refractivity contribution in [2.24, 2.45) is 0 Å². The highest BCUT2D eigenvalue weighted by Crippen LogP contribution is 2.48. The molecule has 0 aliphatic carbocycles. The van der Waals surface area contributed by atoms with Crippen LogP contribution in [0.15, 0.2) is 243 Å². The molecular formula is C124H148N4Si4. The summed E-state index contributed by atoms with van der Waals surface area (Å²) in [7, 11) is -8.62. The van der Waals surface area contributed by atoms with Gasteiger partial charge in [-0.1, -0.05) is 372 Å². The highest BCUT2D eigenvalue weighted by Gasteiger charge is 2.46. The van der Waals surface area contributed by atoms with Gasteiger partial charge in [0.1, 0.15) is 32.3 Å². The molecule has 0 aromatic heterocycles. The Bertz CT molecular complexity index is 6270. The third-order valence-corrected chi connectivity index (χ3v) is 56.9. The van der Waals surface area contributed by atoms with Crippen molar-refractivity contribution in [1.82, 2.24) is 19.6 Å². The summed E-state index contributed by atoms with van der Waals surface area (Å²) in [5.74, 6) is 16.5. The van der Waals surface area contributed by atoms with E-state index in [9.17, 15) is 0 Å². The standard InChI is InChI=1S/C124H148N4Si4/c1-85(2)129(86(3)4,87(5)6)67-55-113-117-73-103-39-31-33-41-105(103)75-119(117)115(57-69-131(91(13)14,92(15)16)93(17)18)123-79-111-71-107(51-53-109(111)77-121(113)123)101-47-43-99(44-48-101)83-127-63-61-125(81-97-35-27-25-28-36-97)59-60-126(82-98-37-29-26-30-38-98)62-64-128(66-65-127)84-100-45-49-102(50-46-100)108-52-54-110-78-122-114(56-68-130(88(7)8,89(9)10)90(11)12)118-74-104-40-32-34-42-106(104)76-120(118)116(124(122)80-112(110)72-108)58-70-132(94(19)20,95(21)22)96(23)24/h25-54,71-80,85-96H,59-66,81-84H2,1-24H3. The molecule has 0 N–H and O–H groups in total. The Kier molecular flexibility index (Phi) is 30.1. The van der Waals surface area contributed by atoms with E-state index in [4.69, 9.17) is 0 Å². The van der Waals surface area contributed by atoms with E-state index >= 15 is 0 Å². The zero-order valence-electron chi connectivity index (χ0n) is 84.3. The molecule has 0 amide bonds. The van der Waals surface area contributed by atoms with E-state index in [0.717, 1.165) is 101 Å². The lowest BCUT2D eigenvalue weighted by Gasteiger charge is -2.38. The van der Waals surface area contributed by atoms with Crippen LogP contribution in [0.5, 0.6) is 0 Å². The minimum Gasteiger partial charge on any atom is -0.297 e. The molecule has 0 atom stereocenters. The van der Waals surface area contributed by atoms with Crippen LogP contribution in [-0.4, -0.2) is 104 Å². The van der Waals surface area contributed by atoms with Crippen molar-refractivity contribution < 1.29 is 0 Å². The highest BCUT2D eigenvalue weighted by atomic mass is 28.3. The molecule has 1 aliphatic rings. The van der Waals surface area contributed by atoms with Crippen LogP contribution in [0.25, 0.3) is 108 Å². The molecule has 0 spiro atoms. The maximum atomic E-state index is 4.26. The summed E-state index contributed by atoms with van der Waals surface area (Å²) in [4.78, 5) is 10.9. The van der Waals surface area contributed by atoms with Crippen molar-refractivity contribution in [3.8, 4) is 68.1 Å². The van der Waals surface area contributed by atoms with Crippen molar-refractivity contribution in [2.75, 3.05) is 52.4 Å². The van der Waals surface area contributed by atoms with E-state index in [2.05, 4.69) is 474 Å². The summed E-state index contributed by atoms with van der Waals surface area (Å²) >= 11 is 0. The molecule has 1 aliphatic heterocycles. The Balaban J connectivity index is 0.774. The molecule has 1 saturated heterocycles. The quantitative estimate of drug-likeness (QED) is 0.0381. The van der Waals surface area contributed by atoms with Crippen LogP contribution in [-0.2, 0) is 26.2 Å². The van der Waals surface area contributed by atoms with Crippen molar-refractivity contribution in [2.45, 2.75) is 259 Å². The van der Waals surface area contributed by atoms with Crippen molar-refractivity contribution in [3.63, 3.8) is 0 Å². The van der Waals surface area contributed by atoms with Crippen LogP contribution < -0.4 is 0 Å². The lowest BCUT2D eigenvalue weighted by molar-refractivity contribution is 0.122. The Morgan fingerprint density at radius 1 is 0.189 bits per heavy atom. The van der Waals surface area contributed by atoms with Gasteiger partial charge < -0.3 is 0 Å². The van der Waals surface area contributed by atoms with Crippen molar-refractivity contribution >= 4 is 118 Å². The molecule has 0 unspecified atom stereocenters. The lowest BCUT2D eigenvalue weighted by Crippen LogP contribution is -2.45. The van der Waals surface area contributed by atoms with E-state index < -0.39 is 32.3 Å². The number of fused-ring (bicyclic) bond motifs is 8. The topological polar surface area (TPSA) is 13.0 Å². The first-order valence-electron chi connectivity index (χ1n) is 50.2. The summed E-state index contributed by atoms with van der Waals surface area (Å²) in [6.07, 6.45) is 0. The molecule has 14 aromatic rings. The molecule has 15 rings (SSSR count). The van der Waals surface area contributed by atoms with Crippen molar-refractivity contribution in [3.05, 3.63) is 287 Å². The molecule has 680 valence electrons. The molecule has 1 fully saturated rings. The fourth-order valence-electron chi connectivity index (χ4n) is 24.6. The Morgan fingerprint density at radius 2 is 0.364 bits per heavy atom. The molecule has 0 radical (unpaired) electrons. The summed E-state index contributed by atoms with van der Waals surface area (Å²) in [6.45, 7) is 69.8. The van der Waals surface area contributed by atoms with Gasteiger partial charge in [0, 0.05) is 101 Å². The summed E-state index contributed by atoms with van der Waals surface area (Å²) in [5.41, 5.74) is 37.9. The van der Waals surface area contributed by atoms with Gasteiger partial charge in [0.25, 0.3) is 0 Å². The zero-order chi connectivity index (χ0) is 93.8. The second kappa shape index (κ2) is 41.1. The van der Waals surface area contributed by atoms with Crippen LogP contribution in [0, 0.1) is 45.9 Å². The largest absolute Gasteiger partial charge is 0.297 e. The molecule has 0 saturated carbocycles. The molecule has 1 heterocycles. The molecule has 0 bridgehead atoms. The van der Waals surface area contributed by atoms with Crippen LogP contribution in [0.2, 0.25) is 66.5 Å². The first-order chi connectivity index (χ1) is 63.2. The second-order valence-electron chi connectivity index (χ2n) is 43.0. The molecule has 132 heavy (non-hydrogen) atoms. The van der Waals surface area contributed by atoms with Crippen LogP contribution >= 0.6 is 0 Å². The van der Waals surface area contributed by atoms with E-state index in [1.165, 1.54) is 131 Å².